The van der Waals surface area contributed by atoms with Crippen molar-refractivity contribution in [3.8, 4) is 11.5 Å². The smallest absolute Gasteiger partial charge is 0.487 e. The number of nitro groups is 1. The van der Waals surface area contributed by atoms with E-state index in [0.29, 0.717) is 28.8 Å². The third-order valence-corrected chi connectivity index (χ3v) is 7.93. The van der Waals surface area contributed by atoms with Gasteiger partial charge in [0.25, 0.3) is 5.69 Å². The Bertz CT molecular complexity index is 1510. The zero-order valence-electron chi connectivity index (χ0n) is 21.3. The number of rotatable bonds is 6. The van der Waals surface area contributed by atoms with Crippen LogP contribution in [0.1, 0.15) is 24.5 Å². The monoisotopic (exact) mass is 540 g/mol. The van der Waals surface area contributed by atoms with Crippen LogP contribution in [0.4, 0.5) is 11.4 Å². The normalized spacial score (nSPS) is 24.1. The quantitative estimate of drug-likeness (QED) is 0.207. The van der Waals surface area contributed by atoms with Crippen molar-refractivity contribution in [1.82, 2.24) is 0 Å². The first-order valence-corrected chi connectivity index (χ1v) is 13.0. The van der Waals surface area contributed by atoms with Gasteiger partial charge in [-0.15, -0.1) is 0 Å². The number of imide groups is 1. The predicted octanol–water partition coefficient (Wildman–Crippen LogP) is 3.98. The largest absolute Gasteiger partial charge is 0.508 e. The number of nitrogens with zero attached hydrogens (tertiary/aromatic N) is 2. The summed E-state index contributed by atoms with van der Waals surface area (Å²) in [4.78, 5) is 39.5. The molecule has 0 unspecified atom stereocenters. The third kappa shape index (κ3) is 4.53. The standard InChI is InChI=1S/C29H25BN2O8/c33-21-11-9-17(10-12-21)25-15-23-26-24(28(34)31(29(26)35)19-5-4-6-20(14-19)32(37)38)13-18(27(23)30(36)40-25)16-39-22-7-2-1-3-8-22/h1-12,14,23-26,33,36H,13,15-16H2/t23-,24-,25-,26+/m0/s1. The second kappa shape index (κ2) is 10.3. The number of benzene rings is 3. The molecule has 4 atom stereocenters. The molecule has 1 aliphatic carbocycles. The summed E-state index contributed by atoms with van der Waals surface area (Å²) in [5.41, 5.74) is 1.86. The molecule has 6 rings (SSSR count). The molecule has 10 nitrogen and oxygen atoms in total. The Hall–Kier alpha value is -4.48. The molecule has 0 bridgehead atoms. The maximum atomic E-state index is 13.9. The average Bonchev–Trinajstić information content (AvgIpc) is 3.21. The number of aromatic hydroxyl groups is 1. The van der Waals surface area contributed by atoms with Crippen LogP contribution >= 0.6 is 0 Å². The van der Waals surface area contributed by atoms with Crippen molar-refractivity contribution in [2.45, 2.75) is 18.9 Å². The molecule has 0 spiro atoms. The highest BCUT2D eigenvalue weighted by Crippen LogP contribution is 2.52. The van der Waals surface area contributed by atoms with Gasteiger partial charge in [-0.3, -0.25) is 19.7 Å². The van der Waals surface area contributed by atoms with Gasteiger partial charge in [0.05, 0.1) is 28.6 Å². The number of hydrogen-bond acceptors (Lipinski definition) is 8. The minimum Gasteiger partial charge on any atom is -0.508 e. The van der Waals surface area contributed by atoms with Gasteiger partial charge in [-0.05, 0) is 65.7 Å². The molecular weight excluding hydrogens is 515 g/mol. The molecule has 2 aliphatic heterocycles. The molecule has 11 heteroatoms. The Labute approximate surface area is 229 Å². The van der Waals surface area contributed by atoms with Gasteiger partial charge in [-0.25, -0.2) is 4.90 Å². The lowest BCUT2D eigenvalue weighted by Gasteiger charge is -2.42. The third-order valence-electron chi connectivity index (χ3n) is 7.93. The molecule has 3 aliphatic rings. The Morgan fingerprint density at radius 2 is 1.75 bits per heavy atom. The first-order valence-electron chi connectivity index (χ1n) is 13.0. The van der Waals surface area contributed by atoms with Crippen LogP contribution in [0.3, 0.4) is 0 Å². The maximum absolute atomic E-state index is 13.9. The number of fused-ring (bicyclic) bond motifs is 3. The summed E-state index contributed by atoms with van der Waals surface area (Å²) in [6.07, 6.45) is -0.0901. The first kappa shape index (κ1) is 25.8. The molecule has 0 aromatic heterocycles. The van der Waals surface area contributed by atoms with Gasteiger partial charge in [-0.1, -0.05) is 36.4 Å². The highest BCUT2D eigenvalue weighted by atomic mass is 16.6. The molecule has 0 radical (unpaired) electrons. The van der Waals surface area contributed by atoms with E-state index in [4.69, 9.17) is 9.39 Å². The van der Waals surface area contributed by atoms with E-state index in [1.165, 1.54) is 36.4 Å². The van der Waals surface area contributed by atoms with Gasteiger partial charge in [0.1, 0.15) is 18.1 Å². The average molecular weight is 540 g/mol. The van der Waals surface area contributed by atoms with Crippen LogP contribution in [0, 0.1) is 27.9 Å². The number of amides is 2. The van der Waals surface area contributed by atoms with Crippen molar-refractivity contribution in [2.24, 2.45) is 17.8 Å². The predicted molar refractivity (Wildman–Crippen MR) is 144 cm³/mol. The van der Waals surface area contributed by atoms with Crippen molar-refractivity contribution in [1.29, 1.82) is 0 Å². The van der Waals surface area contributed by atoms with Crippen LogP contribution in [-0.2, 0) is 14.2 Å². The van der Waals surface area contributed by atoms with Crippen molar-refractivity contribution in [3.63, 3.8) is 0 Å². The lowest BCUT2D eigenvalue weighted by molar-refractivity contribution is -0.384. The Morgan fingerprint density at radius 3 is 2.48 bits per heavy atom. The minimum absolute atomic E-state index is 0.0860. The van der Waals surface area contributed by atoms with E-state index >= 15 is 0 Å². The Kier molecular flexibility index (Phi) is 6.61. The highest BCUT2D eigenvalue weighted by Gasteiger charge is 2.58. The molecule has 40 heavy (non-hydrogen) atoms. The molecule has 2 heterocycles. The zero-order chi connectivity index (χ0) is 28.0. The summed E-state index contributed by atoms with van der Waals surface area (Å²) in [6, 6.07) is 21.0. The lowest BCUT2D eigenvalue weighted by atomic mass is 9.55. The van der Waals surface area contributed by atoms with Crippen molar-refractivity contribution >= 4 is 30.3 Å². The number of nitro benzene ring substituents is 1. The highest BCUT2D eigenvalue weighted by molar-refractivity contribution is 6.53. The van der Waals surface area contributed by atoms with Gasteiger partial charge in [0, 0.05) is 12.1 Å². The van der Waals surface area contributed by atoms with Gasteiger partial charge in [0.15, 0.2) is 0 Å². The topological polar surface area (TPSA) is 139 Å². The van der Waals surface area contributed by atoms with Crippen molar-refractivity contribution in [3.05, 3.63) is 106 Å². The number of allylic oxidation sites excluding steroid dienone is 1. The van der Waals surface area contributed by atoms with Crippen molar-refractivity contribution < 1.29 is 34.0 Å². The van der Waals surface area contributed by atoms with E-state index in [0.717, 1.165) is 4.90 Å². The maximum Gasteiger partial charge on any atom is 0.487 e. The number of anilines is 1. The molecule has 2 fully saturated rings. The molecule has 2 amide bonds. The fraction of sp³-hybridized carbons (Fsp3) is 0.241. The second-order valence-electron chi connectivity index (χ2n) is 10.2. The van der Waals surface area contributed by atoms with E-state index < -0.39 is 47.7 Å². The van der Waals surface area contributed by atoms with E-state index in [1.54, 1.807) is 24.3 Å². The minimum atomic E-state index is -1.33. The summed E-state index contributed by atoms with van der Waals surface area (Å²) < 4.78 is 12.0. The van der Waals surface area contributed by atoms with Crippen LogP contribution in [0.15, 0.2) is 89.9 Å². The van der Waals surface area contributed by atoms with Gasteiger partial charge in [0.2, 0.25) is 11.8 Å². The number of ether oxygens (including phenoxy) is 1. The zero-order valence-corrected chi connectivity index (χ0v) is 21.3. The summed E-state index contributed by atoms with van der Waals surface area (Å²) in [6.45, 7) is 0.0989. The molecular formula is C29H25BN2O8. The number of para-hydroxylation sites is 1. The number of carbonyl (C=O) groups is 2. The number of hydrogen-bond donors (Lipinski definition) is 2. The van der Waals surface area contributed by atoms with Crippen LogP contribution in [0.25, 0.3) is 0 Å². The molecule has 2 N–H and O–H groups in total. The van der Waals surface area contributed by atoms with Crippen molar-refractivity contribution in [2.75, 3.05) is 11.5 Å². The van der Waals surface area contributed by atoms with E-state index in [1.807, 2.05) is 18.2 Å². The SMILES string of the molecule is O=C1[C@H]2[C@H](CC(COc3ccccc3)=C3B(O)O[C@H](c4ccc(O)cc4)C[C@H]32)C(=O)N1c1cccc([N+](=O)[O-])c1. The Balaban J connectivity index is 1.38. The first-order chi connectivity index (χ1) is 19.3. The second-order valence-corrected chi connectivity index (χ2v) is 10.2. The number of phenolic OH excluding ortho intramolecular Hbond substituents is 1. The number of non-ortho nitro benzene ring substituents is 1. The summed E-state index contributed by atoms with van der Waals surface area (Å²) >= 11 is 0. The molecule has 0 saturated carbocycles. The summed E-state index contributed by atoms with van der Waals surface area (Å²) in [5.74, 6) is -2.22. The van der Waals surface area contributed by atoms with Crippen LogP contribution in [-0.4, -0.2) is 40.6 Å². The van der Waals surface area contributed by atoms with Gasteiger partial charge >= 0.3 is 7.12 Å². The molecule has 2 saturated heterocycles. The number of phenols is 1. The molecule has 3 aromatic rings. The summed E-state index contributed by atoms with van der Waals surface area (Å²) in [5, 5.41) is 32.3. The molecule has 3 aromatic carbocycles. The van der Waals surface area contributed by atoms with Crippen LogP contribution < -0.4 is 9.64 Å². The summed E-state index contributed by atoms with van der Waals surface area (Å²) in [7, 11) is -1.33. The molecule has 202 valence electrons. The van der Waals surface area contributed by atoms with Gasteiger partial charge < -0.3 is 19.5 Å². The van der Waals surface area contributed by atoms with Crippen LogP contribution in [0.2, 0.25) is 0 Å². The van der Waals surface area contributed by atoms with E-state index in [9.17, 15) is 29.8 Å². The Morgan fingerprint density at radius 1 is 1.00 bits per heavy atom. The number of carbonyl (C=O) groups excluding carboxylic acids is 2. The van der Waals surface area contributed by atoms with Gasteiger partial charge in [-0.2, -0.15) is 0 Å². The van der Waals surface area contributed by atoms with E-state index in [2.05, 4.69) is 0 Å². The fourth-order valence-electron chi connectivity index (χ4n) is 6.13. The fourth-order valence-corrected chi connectivity index (χ4v) is 6.13. The van der Waals surface area contributed by atoms with E-state index in [-0.39, 0.29) is 30.2 Å². The van der Waals surface area contributed by atoms with Crippen LogP contribution in [0.5, 0.6) is 11.5 Å². The lowest BCUT2D eigenvalue weighted by Crippen LogP contribution is -2.45.